The second-order valence-corrected chi connectivity index (χ2v) is 8.83. The summed E-state index contributed by atoms with van der Waals surface area (Å²) in [4.78, 5) is 11.1. The molecule has 0 saturated heterocycles. The Morgan fingerprint density at radius 3 is 2.46 bits per heavy atom. The van der Waals surface area contributed by atoms with Crippen LogP contribution in [-0.2, 0) is 14.6 Å². The zero-order chi connectivity index (χ0) is 19.1. The van der Waals surface area contributed by atoms with E-state index < -0.39 is 36.2 Å². The van der Waals surface area contributed by atoms with Crippen LogP contribution in [0.2, 0.25) is 0 Å². The molecule has 1 atom stereocenters. The number of halogens is 2. The van der Waals surface area contributed by atoms with Gasteiger partial charge in [0, 0.05) is 5.56 Å². The highest BCUT2D eigenvalue weighted by molar-refractivity contribution is 14.1. The van der Waals surface area contributed by atoms with Crippen LogP contribution in [0.15, 0.2) is 59.0 Å². The Hall–Kier alpha value is -1.98. The standard InChI is InChI=1S/C17H14FIN2O4S/c18-13-8-4-7-11-15(21(20)10-5-2-1-3-6-10)12(14(19)17(22)23)9-26(24,25)16(11)13/h1-8,14H,9,20H2,(H,22,23). The van der Waals surface area contributed by atoms with Crippen LogP contribution in [0.5, 0.6) is 0 Å². The molecule has 3 rings (SSSR count). The number of alkyl halides is 1. The third-order valence-corrected chi connectivity index (χ3v) is 6.99. The lowest BCUT2D eigenvalue weighted by atomic mass is 10.0. The highest BCUT2D eigenvalue weighted by atomic mass is 127. The highest BCUT2D eigenvalue weighted by Crippen LogP contribution is 2.40. The van der Waals surface area contributed by atoms with Crippen LogP contribution in [0.1, 0.15) is 5.56 Å². The Morgan fingerprint density at radius 1 is 1.19 bits per heavy atom. The average Bonchev–Trinajstić information content (AvgIpc) is 2.60. The van der Waals surface area contributed by atoms with Crippen LogP contribution in [0, 0.1) is 5.82 Å². The summed E-state index contributed by atoms with van der Waals surface area (Å²) in [6.07, 6.45) is 0. The van der Waals surface area contributed by atoms with Crippen LogP contribution >= 0.6 is 22.6 Å². The van der Waals surface area contributed by atoms with E-state index in [0.717, 1.165) is 6.07 Å². The Labute approximate surface area is 163 Å². The number of rotatable bonds is 4. The van der Waals surface area contributed by atoms with Gasteiger partial charge in [0.15, 0.2) is 9.84 Å². The quantitative estimate of drug-likeness (QED) is 0.297. The molecule has 2 aromatic rings. The second-order valence-electron chi connectivity index (χ2n) is 5.66. The molecule has 2 aromatic carbocycles. The number of carboxylic acid groups (broad SMARTS) is 1. The Balaban J connectivity index is 2.34. The van der Waals surface area contributed by atoms with Gasteiger partial charge in [0.1, 0.15) is 14.6 Å². The number of hydrogen-bond donors (Lipinski definition) is 2. The first-order chi connectivity index (χ1) is 12.2. The van der Waals surface area contributed by atoms with Crippen LogP contribution in [-0.4, -0.2) is 29.2 Å². The number of hydrogen-bond acceptors (Lipinski definition) is 5. The fraction of sp³-hybridized carbons (Fsp3) is 0.118. The van der Waals surface area contributed by atoms with Crippen LogP contribution in [0.3, 0.4) is 0 Å². The van der Waals surface area contributed by atoms with Crippen molar-refractivity contribution in [3.63, 3.8) is 0 Å². The van der Waals surface area contributed by atoms with Crippen molar-refractivity contribution in [1.82, 2.24) is 0 Å². The summed E-state index contributed by atoms with van der Waals surface area (Å²) in [6.45, 7) is 0. The van der Waals surface area contributed by atoms with Crippen molar-refractivity contribution in [2.24, 2.45) is 5.84 Å². The zero-order valence-electron chi connectivity index (χ0n) is 13.3. The Kier molecular flexibility index (Phi) is 5.04. The molecule has 26 heavy (non-hydrogen) atoms. The van der Waals surface area contributed by atoms with Gasteiger partial charge in [0.05, 0.1) is 17.1 Å². The zero-order valence-corrected chi connectivity index (χ0v) is 16.2. The number of hydrazine groups is 1. The minimum absolute atomic E-state index is 0.0560. The molecule has 3 N–H and O–H groups in total. The van der Waals surface area contributed by atoms with Crippen molar-refractivity contribution in [3.8, 4) is 0 Å². The lowest BCUT2D eigenvalue weighted by molar-refractivity contribution is -0.135. The summed E-state index contributed by atoms with van der Waals surface area (Å²) in [5.74, 6) is 3.51. The summed E-state index contributed by atoms with van der Waals surface area (Å²) >= 11 is 1.65. The summed E-state index contributed by atoms with van der Waals surface area (Å²) < 4.78 is 38.4. The van der Waals surface area contributed by atoms with Crippen molar-refractivity contribution in [3.05, 3.63) is 65.5 Å². The topological polar surface area (TPSA) is 101 Å². The van der Waals surface area contributed by atoms with E-state index in [9.17, 15) is 22.7 Å². The molecule has 0 bridgehead atoms. The molecule has 6 nitrogen and oxygen atoms in total. The minimum Gasteiger partial charge on any atom is -0.480 e. The molecule has 0 aliphatic carbocycles. The molecule has 9 heteroatoms. The molecule has 1 heterocycles. The van der Waals surface area contributed by atoms with Gasteiger partial charge in [-0.15, -0.1) is 0 Å². The number of sulfone groups is 1. The normalized spacial score (nSPS) is 16.7. The minimum atomic E-state index is -4.03. The SMILES string of the molecule is NN(C1=C(C(I)C(=O)O)CS(=O)(=O)c2c(F)cccc21)c1ccccc1. The predicted molar refractivity (Wildman–Crippen MR) is 104 cm³/mol. The molecule has 0 radical (unpaired) electrons. The fourth-order valence-electron chi connectivity index (χ4n) is 2.87. The lowest BCUT2D eigenvalue weighted by Gasteiger charge is -2.31. The van der Waals surface area contributed by atoms with Crippen molar-refractivity contribution >= 4 is 49.8 Å². The highest BCUT2D eigenvalue weighted by Gasteiger charge is 2.38. The number of carbonyl (C=O) groups is 1. The smallest absolute Gasteiger partial charge is 0.320 e. The Bertz CT molecular complexity index is 1010. The maximum atomic E-state index is 14.3. The van der Waals surface area contributed by atoms with Gasteiger partial charge in [0.25, 0.3) is 0 Å². The molecule has 0 fully saturated rings. The molecular weight excluding hydrogens is 474 g/mol. The average molecular weight is 488 g/mol. The van der Waals surface area contributed by atoms with Crippen LogP contribution in [0.25, 0.3) is 5.70 Å². The number of anilines is 1. The Morgan fingerprint density at radius 2 is 1.85 bits per heavy atom. The van der Waals surface area contributed by atoms with E-state index in [1.54, 1.807) is 52.9 Å². The number of nitrogens with two attached hydrogens (primary N) is 1. The third kappa shape index (κ3) is 3.21. The predicted octanol–water partition coefficient (Wildman–Crippen LogP) is 2.59. The number of fused-ring (bicyclic) bond motifs is 1. The van der Waals surface area contributed by atoms with E-state index in [1.165, 1.54) is 17.1 Å². The first-order valence-electron chi connectivity index (χ1n) is 7.45. The molecule has 136 valence electrons. The number of aliphatic carboxylic acids is 1. The van der Waals surface area contributed by atoms with Gasteiger partial charge >= 0.3 is 5.97 Å². The lowest BCUT2D eigenvalue weighted by Crippen LogP contribution is -2.37. The van der Waals surface area contributed by atoms with Crippen LogP contribution < -0.4 is 10.9 Å². The van der Waals surface area contributed by atoms with Crippen molar-refractivity contribution in [2.45, 2.75) is 8.82 Å². The molecule has 0 aromatic heterocycles. The molecule has 1 aliphatic rings. The number of benzene rings is 2. The third-order valence-electron chi connectivity index (χ3n) is 3.98. The monoisotopic (exact) mass is 488 g/mol. The second kappa shape index (κ2) is 6.97. The van der Waals surface area contributed by atoms with E-state index in [4.69, 9.17) is 5.84 Å². The van der Waals surface area contributed by atoms with Gasteiger partial charge < -0.3 is 5.11 Å². The van der Waals surface area contributed by atoms with Gasteiger partial charge in [-0.25, -0.2) is 18.7 Å². The van der Waals surface area contributed by atoms with E-state index in [0.29, 0.717) is 5.69 Å². The number of para-hydroxylation sites is 1. The van der Waals surface area contributed by atoms with Crippen molar-refractivity contribution < 1.29 is 22.7 Å². The maximum absolute atomic E-state index is 14.3. The van der Waals surface area contributed by atoms with Gasteiger partial charge in [-0.3, -0.25) is 9.80 Å². The molecule has 1 aliphatic heterocycles. The van der Waals surface area contributed by atoms with E-state index in [1.807, 2.05) is 0 Å². The fourth-order valence-corrected chi connectivity index (χ4v) is 5.41. The molecule has 0 saturated carbocycles. The number of nitrogens with zero attached hydrogens (tertiary/aromatic N) is 1. The molecule has 0 spiro atoms. The van der Waals surface area contributed by atoms with E-state index in [-0.39, 0.29) is 16.8 Å². The van der Waals surface area contributed by atoms with Crippen molar-refractivity contribution in [2.75, 3.05) is 10.8 Å². The van der Waals surface area contributed by atoms with Crippen LogP contribution in [0.4, 0.5) is 10.1 Å². The maximum Gasteiger partial charge on any atom is 0.320 e. The first kappa shape index (κ1) is 18.8. The van der Waals surface area contributed by atoms with Gasteiger partial charge in [-0.1, -0.05) is 52.9 Å². The van der Waals surface area contributed by atoms with Gasteiger partial charge in [0.2, 0.25) is 0 Å². The van der Waals surface area contributed by atoms with E-state index >= 15 is 0 Å². The molecule has 0 amide bonds. The summed E-state index contributed by atoms with van der Waals surface area (Å²) in [6, 6.07) is 12.5. The van der Waals surface area contributed by atoms with Gasteiger partial charge in [-0.2, -0.15) is 0 Å². The first-order valence-corrected chi connectivity index (χ1v) is 10.3. The van der Waals surface area contributed by atoms with Gasteiger partial charge in [-0.05, 0) is 23.8 Å². The summed E-state index contributed by atoms with van der Waals surface area (Å²) in [7, 11) is -4.03. The molecule has 1 unspecified atom stereocenters. The largest absolute Gasteiger partial charge is 0.480 e. The van der Waals surface area contributed by atoms with Crippen molar-refractivity contribution in [1.29, 1.82) is 0 Å². The number of carboxylic acids is 1. The van der Waals surface area contributed by atoms with E-state index in [2.05, 4.69) is 0 Å². The summed E-state index contributed by atoms with van der Waals surface area (Å²) in [5.41, 5.74) is 0.855. The molecular formula is C17H14FIN2O4S. The summed E-state index contributed by atoms with van der Waals surface area (Å²) in [5, 5.41) is 10.6.